The molecule has 2 amide bonds. The molecule has 1 aromatic carbocycles. The van der Waals surface area contributed by atoms with E-state index in [9.17, 15) is 9.59 Å². The van der Waals surface area contributed by atoms with Crippen LogP contribution in [-0.4, -0.2) is 42.3 Å². The molecule has 0 saturated carbocycles. The molecule has 7 heteroatoms. The molecular weight excluding hydrogens is 358 g/mol. The molecule has 0 bridgehead atoms. The van der Waals surface area contributed by atoms with E-state index in [4.69, 9.17) is 10.3 Å². The Morgan fingerprint density at radius 1 is 1.21 bits per heavy atom. The van der Waals surface area contributed by atoms with Crippen LogP contribution >= 0.6 is 0 Å². The summed E-state index contributed by atoms with van der Waals surface area (Å²) in [7, 11) is 1.00. The molecule has 1 heterocycles. The van der Waals surface area contributed by atoms with Crippen LogP contribution in [-0.2, 0) is 15.0 Å². The number of aliphatic hydroxyl groups excluding tert-OH is 1. The number of amides is 2. The lowest BCUT2D eigenvalue weighted by Gasteiger charge is -2.35. The second-order valence-corrected chi connectivity index (χ2v) is 7.02. The number of nitrogens with one attached hydrogen (secondary N) is 3. The molecule has 28 heavy (non-hydrogen) atoms. The van der Waals surface area contributed by atoms with Crippen LogP contribution in [0.25, 0.3) is 0 Å². The maximum absolute atomic E-state index is 12.4. The highest BCUT2D eigenvalue weighted by Gasteiger charge is 2.44. The maximum Gasteiger partial charge on any atom is 0.244 e. The molecule has 158 valence electrons. The van der Waals surface area contributed by atoms with Gasteiger partial charge in [0.25, 0.3) is 0 Å². The summed E-state index contributed by atoms with van der Waals surface area (Å²) in [6, 6.07) is 8.37. The molecule has 7 nitrogen and oxygen atoms in total. The summed E-state index contributed by atoms with van der Waals surface area (Å²) in [6.07, 6.45) is 3.06. The van der Waals surface area contributed by atoms with Crippen molar-refractivity contribution >= 4 is 11.8 Å². The standard InChI is InChI=1S/C18H25N3O3.C2H6.CH4O/c1-12(10-16(22)21-24)17(23)20-15-11-18(6-8-19-9-7-18)14-5-3-2-4-13(14)15;2*1-2/h2-5,12,15,19,24H,6-11H2,1H3,(H,20,23)(H,21,22);1-2H3;2H,1H3/t12-,15?;;/m1../s1. The SMILES string of the molecule is CC.CO.C[C@H](CC(=O)NO)C(=O)NC1CC2(CCNCC2)c2ccccc21. The summed E-state index contributed by atoms with van der Waals surface area (Å²) in [5.41, 5.74) is 4.28. The number of aliphatic hydroxyl groups is 1. The van der Waals surface area contributed by atoms with Crippen LogP contribution in [0.4, 0.5) is 0 Å². The van der Waals surface area contributed by atoms with Gasteiger partial charge < -0.3 is 15.7 Å². The monoisotopic (exact) mass is 393 g/mol. The van der Waals surface area contributed by atoms with Crippen molar-refractivity contribution in [3.8, 4) is 0 Å². The number of fused-ring (bicyclic) bond motifs is 2. The number of benzene rings is 1. The molecule has 0 radical (unpaired) electrons. The van der Waals surface area contributed by atoms with E-state index in [-0.39, 0.29) is 23.8 Å². The minimum Gasteiger partial charge on any atom is -0.400 e. The largest absolute Gasteiger partial charge is 0.400 e. The molecule has 1 fully saturated rings. The van der Waals surface area contributed by atoms with E-state index < -0.39 is 11.8 Å². The molecule has 2 atom stereocenters. The molecule has 5 N–H and O–H groups in total. The third kappa shape index (κ3) is 5.53. The molecular formula is C21H35N3O4. The lowest BCUT2D eigenvalue weighted by atomic mass is 9.74. The van der Waals surface area contributed by atoms with E-state index in [0.717, 1.165) is 39.5 Å². The van der Waals surface area contributed by atoms with Crippen molar-refractivity contribution in [1.29, 1.82) is 0 Å². The van der Waals surface area contributed by atoms with Crippen molar-refractivity contribution in [2.45, 2.75) is 57.9 Å². The molecule has 1 unspecified atom stereocenters. The van der Waals surface area contributed by atoms with Crippen LogP contribution in [0.15, 0.2) is 24.3 Å². The summed E-state index contributed by atoms with van der Waals surface area (Å²) >= 11 is 0. The van der Waals surface area contributed by atoms with Crippen LogP contribution in [0.1, 0.15) is 63.6 Å². The quantitative estimate of drug-likeness (QED) is 0.397. The smallest absolute Gasteiger partial charge is 0.244 e. The van der Waals surface area contributed by atoms with Crippen molar-refractivity contribution in [3.05, 3.63) is 35.4 Å². The zero-order valence-corrected chi connectivity index (χ0v) is 17.4. The van der Waals surface area contributed by atoms with Gasteiger partial charge in [-0.15, -0.1) is 0 Å². The van der Waals surface area contributed by atoms with E-state index in [0.29, 0.717) is 0 Å². The number of carbonyl (C=O) groups excluding carboxylic acids is 2. The first kappa shape index (κ1) is 24.1. The fraction of sp³-hybridized carbons (Fsp3) is 0.619. The van der Waals surface area contributed by atoms with Gasteiger partial charge in [-0.2, -0.15) is 0 Å². The fourth-order valence-electron chi connectivity index (χ4n) is 4.13. The highest BCUT2D eigenvalue weighted by Crippen LogP contribution is 2.49. The second-order valence-electron chi connectivity index (χ2n) is 7.02. The Labute approximate surface area is 167 Å². The van der Waals surface area contributed by atoms with Crippen molar-refractivity contribution < 1.29 is 19.9 Å². The van der Waals surface area contributed by atoms with Gasteiger partial charge in [-0.25, -0.2) is 5.48 Å². The van der Waals surface area contributed by atoms with Crippen LogP contribution in [0.3, 0.4) is 0 Å². The lowest BCUT2D eigenvalue weighted by molar-refractivity contribution is -0.134. The number of hydrogen-bond donors (Lipinski definition) is 5. The molecule has 1 aromatic rings. The van der Waals surface area contributed by atoms with Gasteiger partial charge in [-0.3, -0.25) is 14.8 Å². The average molecular weight is 394 g/mol. The third-order valence-electron chi connectivity index (χ3n) is 5.44. The van der Waals surface area contributed by atoms with Gasteiger partial charge in [0.05, 0.1) is 6.04 Å². The third-order valence-corrected chi connectivity index (χ3v) is 5.44. The van der Waals surface area contributed by atoms with Gasteiger partial charge in [0.2, 0.25) is 11.8 Å². The number of piperidine rings is 1. The minimum absolute atomic E-state index is 0.00793. The molecule has 1 aliphatic heterocycles. The minimum atomic E-state index is -0.542. The molecule has 0 aromatic heterocycles. The Bertz CT molecular complexity index is 630. The zero-order valence-electron chi connectivity index (χ0n) is 17.4. The van der Waals surface area contributed by atoms with E-state index in [2.05, 4.69) is 28.8 Å². The van der Waals surface area contributed by atoms with Crippen molar-refractivity contribution in [2.24, 2.45) is 5.92 Å². The second kappa shape index (κ2) is 11.8. The first-order chi connectivity index (χ1) is 13.6. The van der Waals surface area contributed by atoms with Gasteiger partial charge in [0, 0.05) is 24.9 Å². The Morgan fingerprint density at radius 3 is 2.43 bits per heavy atom. The summed E-state index contributed by atoms with van der Waals surface area (Å²) in [5, 5.41) is 22.1. The Hall–Kier alpha value is -1.96. The number of carbonyl (C=O) groups is 2. The Balaban J connectivity index is 0.000000921. The predicted molar refractivity (Wildman–Crippen MR) is 109 cm³/mol. The zero-order chi connectivity index (χ0) is 21.2. The van der Waals surface area contributed by atoms with Crippen molar-refractivity contribution in [2.75, 3.05) is 20.2 Å². The molecule has 1 spiro atoms. The molecule has 1 saturated heterocycles. The van der Waals surface area contributed by atoms with Crippen molar-refractivity contribution in [3.63, 3.8) is 0 Å². The summed E-state index contributed by atoms with van der Waals surface area (Å²) < 4.78 is 0. The normalized spacial score (nSPS) is 19.9. The van der Waals surface area contributed by atoms with E-state index in [1.165, 1.54) is 11.1 Å². The first-order valence-corrected chi connectivity index (χ1v) is 10.0. The van der Waals surface area contributed by atoms with Crippen LogP contribution in [0, 0.1) is 5.92 Å². The van der Waals surface area contributed by atoms with Gasteiger partial charge >= 0.3 is 0 Å². The van der Waals surface area contributed by atoms with Gasteiger partial charge in [0.15, 0.2) is 0 Å². The summed E-state index contributed by atoms with van der Waals surface area (Å²) in [4.78, 5) is 23.7. The van der Waals surface area contributed by atoms with Crippen LogP contribution in [0.2, 0.25) is 0 Å². The number of rotatable bonds is 4. The van der Waals surface area contributed by atoms with Crippen LogP contribution in [0.5, 0.6) is 0 Å². The molecule has 1 aliphatic carbocycles. The van der Waals surface area contributed by atoms with E-state index >= 15 is 0 Å². The number of hydrogen-bond acceptors (Lipinski definition) is 5. The highest BCUT2D eigenvalue weighted by atomic mass is 16.5. The summed E-state index contributed by atoms with van der Waals surface area (Å²) in [5.74, 6) is -1.17. The topological polar surface area (TPSA) is 111 Å². The number of hydroxylamine groups is 1. The van der Waals surface area contributed by atoms with E-state index in [1.807, 2.05) is 19.9 Å². The summed E-state index contributed by atoms with van der Waals surface area (Å²) in [6.45, 7) is 7.70. The Morgan fingerprint density at radius 2 is 1.82 bits per heavy atom. The van der Waals surface area contributed by atoms with Gasteiger partial charge in [-0.05, 0) is 43.5 Å². The lowest BCUT2D eigenvalue weighted by Crippen LogP contribution is -2.40. The molecule has 3 rings (SSSR count). The van der Waals surface area contributed by atoms with Crippen LogP contribution < -0.4 is 16.1 Å². The van der Waals surface area contributed by atoms with Crippen molar-refractivity contribution in [1.82, 2.24) is 16.1 Å². The highest BCUT2D eigenvalue weighted by molar-refractivity contribution is 5.85. The average Bonchev–Trinajstić information content (AvgIpc) is 3.04. The Kier molecular flexibility index (Phi) is 10.1. The fourth-order valence-corrected chi connectivity index (χ4v) is 4.13. The first-order valence-electron chi connectivity index (χ1n) is 10.0. The van der Waals surface area contributed by atoms with Gasteiger partial charge in [0.1, 0.15) is 0 Å². The maximum atomic E-state index is 12.4. The van der Waals surface area contributed by atoms with Gasteiger partial charge in [-0.1, -0.05) is 45.0 Å². The predicted octanol–water partition coefficient (Wildman–Crippen LogP) is 2.04. The molecule has 2 aliphatic rings. The van der Waals surface area contributed by atoms with E-state index in [1.54, 1.807) is 12.4 Å².